The van der Waals surface area contributed by atoms with Gasteiger partial charge in [0.15, 0.2) is 5.82 Å². The molecule has 0 saturated carbocycles. The van der Waals surface area contributed by atoms with Gasteiger partial charge in [0.1, 0.15) is 11.4 Å². The van der Waals surface area contributed by atoms with Crippen molar-refractivity contribution >= 4 is 27.8 Å². The molecular weight excluding hydrogens is 406 g/mol. The highest BCUT2D eigenvalue weighted by Crippen LogP contribution is 2.33. The van der Waals surface area contributed by atoms with Crippen LogP contribution in [0.1, 0.15) is 21.1 Å². The zero-order valence-corrected chi connectivity index (χ0v) is 17.9. The second-order valence-corrected chi connectivity index (χ2v) is 8.35. The molecule has 0 fully saturated rings. The lowest BCUT2D eigenvalue weighted by Crippen LogP contribution is -1.89. The van der Waals surface area contributed by atoms with Gasteiger partial charge >= 0.3 is 0 Å². The maximum atomic E-state index is 4.91. The van der Waals surface area contributed by atoms with Gasteiger partial charge in [-0.3, -0.25) is 20.1 Å². The standard InChI is InChI=1S/C23H19N7S/c1-4-5-15(20-7-6-13(2)31-20)21-14(3)27-23(28-21)22-16-10-17(19-11-24-8-9-25-19)26-12-18(16)29-30-22/h4-12H,1H2,2-3H3,(H,27,28)(H,29,30)/b15-5-. The lowest BCUT2D eigenvalue weighted by atomic mass is 10.1. The number of aryl methyl sites for hydroxylation is 2. The Morgan fingerprint density at radius 3 is 2.74 bits per heavy atom. The molecule has 7 nitrogen and oxygen atoms in total. The van der Waals surface area contributed by atoms with Crippen molar-refractivity contribution in [3.63, 3.8) is 0 Å². The van der Waals surface area contributed by atoms with E-state index in [0.29, 0.717) is 11.5 Å². The van der Waals surface area contributed by atoms with Gasteiger partial charge in [0.05, 0.1) is 29.3 Å². The number of allylic oxidation sites excluding steroid dienone is 2. The Balaban J connectivity index is 1.61. The third kappa shape index (κ3) is 3.47. The van der Waals surface area contributed by atoms with Gasteiger partial charge in [0.25, 0.3) is 0 Å². The molecule has 31 heavy (non-hydrogen) atoms. The molecule has 5 rings (SSSR count). The summed E-state index contributed by atoms with van der Waals surface area (Å²) in [5, 5.41) is 8.47. The molecule has 152 valence electrons. The van der Waals surface area contributed by atoms with Crippen LogP contribution in [-0.4, -0.2) is 35.1 Å². The molecule has 0 spiro atoms. The molecule has 0 aliphatic rings. The van der Waals surface area contributed by atoms with Gasteiger partial charge in [-0.1, -0.05) is 18.7 Å². The summed E-state index contributed by atoms with van der Waals surface area (Å²) in [7, 11) is 0. The summed E-state index contributed by atoms with van der Waals surface area (Å²) in [6.07, 6.45) is 10.5. The van der Waals surface area contributed by atoms with E-state index in [1.807, 2.05) is 19.1 Å². The number of aromatic amines is 2. The lowest BCUT2D eigenvalue weighted by molar-refractivity contribution is 1.10. The predicted molar refractivity (Wildman–Crippen MR) is 124 cm³/mol. The van der Waals surface area contributed by atoms with E-state index >= 15 is 0 Å². The molecule has 0 aromatic carbocycles. The first kappa shape index (κ1) is 19.1. The number of nitrogens with one attached hydrogen (secondary N) is 2. The number of aromatic nitrogens is 7. The predicted octanol–water partition coefficient (Wildman–Crippen LogP) is 5.10. The van der Waals surface area contributed by atoms with E-state index in [1.54, 1.807) is 42.2 Å². The molecule has 0 radical (unpaired) electrons. The smallest absolute Gasteiger partial charge is 0.159 e. The average Bonchev–Trinajstić information content (AvgIpc) is 3.50. The number of hydrogen-bond donors (Lipinski definition) is 2. The molecule has 0 aliphatic carbocycles. The second kappa shape index (κ2) is 7.73. The monoisotopic (exact) mass is 425 g/mol. The number of thiophene rings is 1. The minimum Gasteiger partial charge on any atom is -0.340 e. The van der Waals surface area contributed by atoms with Crippen molar-refractivity contribution in [2.75, 3.05) is 0 Å². The minimum atomic E-state index is 0.693. The van der Waals surface area contributed by atoms with Crippen molar-refractivity contribution in [3.8, 4) is 22.9 Å². The molecule has 0 aliphatic heterocycles. The number of pyridine rings is 1. The largest absolute Gasteiger partial charge is 0.340 e. The normalized spacial score (nSPS) is 11.9. The highest BCUT2D eigenvalue weighted by atomic mass is 32.1. The Labute approximate surface area is 182 Å². The summed E-state index contributed by atoms with van der Waals surface area (Å²) in [4.78, 5) is 23.7. The lowest BCUT2D eigenvalue weighted by Gasteiger charge is -2.02. The number of nitrogens with zero attached hydrogens (tertiary/aromatic N) is 5. The van der Waals surface area contributed by atoms with Crippen LogP contribution in [0.4, 0.5) is 0 Å². The molecule has 5 aromatic rings. The fourth-order valence-corrected chi connectivity index (χ4v) is 4.37. The van der Waals surface area contributed by atoms with E-state index < -0.39 is 0 Å². The molecule has 0 atom stereocenters. The molecule has 0 bridgehead atoms. The Morgan fingerprint density at radius 1 is 1.10 bits per heavy atom. The van der Waals surface area contributed by atoms with Crippen LogP contribution in [-0.2, 0) is 0 Å². The first-order valence-electron chi connectivity index (χ1n) is 9.71. The highest BCUT2D eigenvalue weighted by molar-refractivity contribution is 7.13. The number of imidazole rings is 1. The fraction of sp³-hybridized carbons (Fsp3) is 0.0870. The van der Waals surface area contributed by atoms with Gasteiger partial charge < -0.3 is 4.98 Å². The molecule has 0 saturated heterocycles. The van der Waals surface area contributed by atoms with Crippen LogP contribution in [0.2, 0.25) is 0 Å². The van der Waals surface area contributed by atoms with Gasteiger partial charge in [0.2, 0.25) is 0 Å². The van der Waals surface area contributed by atoms with Crippen LogP contribution >= 0.6 is 11.3 Å². The van der Waals surface area contributed by atoms with Gasteiger partial charge in [-0.2, -0.15) is 5.10 Å². The molecule has 2 N–H and O–H groups in total. The molecule has 0 amide bonds. The van der Waals surface area contributed by atoms with E-state index in [9.17, 15) is 0 Å². The van der Waals surface area contributed by atoms with Crippen molar-refractivity contribution in [3.05, 3.63) is 82.9 Å². The van der Waals surface area contributed by atoms with E-state index in [-0.39, 0.29) is 0 Å². The Bertz CT molecular complexity index is 1420. The number of hydrogen-bond acceptors (Lipinski definition) is 6. The van der Waals surface area contributed by atoms with Gasteiger partial charge in [-0.25, -0.2) is 4.98 Å². The Morgan fingerprint density at radius 2 is 2.00 bits per heavy atom. The van der Waals surface area contributed by atoms with Crippen LogP contribution in [0.15, 0.2) is 61.7 Å². The molecule has 5 heterocycles. The highest BCUT2D eigenvalue weighted by Gasteiger charge is 2.19. The van der Waals surface area contributed by atoms with Crippen LogP contribution in [0.5, 0.6) is 0 Å². The molecule has 0 unspecified atom stereocenters. The van der Waals surface area contributed by atoms with E-state index in [2.05, 4.69) is 55.8 Å². The SMILES string of the molecule is C=C/C=C(/c1ccc(C)s1)c1nc(-c2n[nH]c3cnc(-c4cnccn4)cc23)[nH]c1C. The summed E-state index contributed by atoms with van der Waals surface area (Å²) in [5.41, 5.74) is 5.89. The summed E-state index contributed by atoms with van der Waals surface area (Å²) in [6, 6.07) is 6.19. The van der Waals surface area contributed by atoms with E-state index in [1.165, 1.54) is 4.88 Å². The summed E-state index contributed by atoms with van der Waals surface area (Å²) in [5.74, 6) is 0.693. The van der Waals surface area contributed by atoms with Crippen molar-refractivity contribution in [2.24, 2.45) is 0 Å². The molecule has 5 aromatic heterocycles. The summed E-state index contributed by atoms with van der Waals surface area (Å²) < 4.78 is 0. The van der Waals surface area contributed by atoms with Crippen LogP contribution in [0.3, 0.4) is 0 Å². The van der Waals surface area contributed by atoms with Crippen molar-refractivity contribution in [2.45, 2.75) is 13.8 Å². The number of fused-ring (bicyclic) bond motifs is 1. The van der Waals surface area contributed by atoms with Crippen molar-refractivity contribution in [1.29, 1.82) is 0 Å². The zero-order chi connectivity index (χ0) is 21.4. The van der Waals surface area contributed by atoms with Crippen molar-refractivity contribution in [1.82, 2.24) is 35.1 Å². The summed E-state index contributed by atoms with van der Waals surface area (Å²) >= 11 is 1.74. The van der Waals surface area contributed by atoms with Crippen molar-refractivity contribution < 1.29 is 0 Å². The summed E-state index contributed by atoms with van der Waals surface area (Å²) in [6.45, 7) is 8.00. The Kier molecular flexibility index (Phi) is 4.76. The maximum absolute atomic E-state index is 4.91. The molecule has 8 heteroatoms. The van der Waals surface area contributed by atoms with E-state index in [0.717, 1.165) is 44.1 Å². The van der Waals surface area contributed by atoms with Crippen LogP contribution in [0.25, 0.3) is 39.4 Å². The first-order valence-corrected chi connectivity index (χ1v) is 10.5. The second-order valence-electron chi connectivity index (χ2n) is 7.06. The van der Waals surface area contributed by atoms with Gasteiger partial charge in [-0.15, -0.1) is 11.3 Å². The van der Waals surface area contributed by atoms with Crippen LogP contribution < -0.4 is 0 Å². The maximum Gasteiger partial charge on any atom is 0.159 e. The first-order chi connectivity index (χ1) is 15.1. The zero-order valence-electron chi connectivity index (χ0n) is 17.0. The van der Waals surface area contributed by atoms with E-state index in [4.69, 9.17) is 4.98 Å². The van der Waals surface area contributed by atoms with Gasteiger partial charge in [0, 0.05) is 38.8 Å². The van der Waals surface area contributed by atoms with Crippen LogP contribution in [0, 0.1) is 13.8 Å². The third-order valence-corrected chi connectivity index (χ3v) is 5.96. The quantitative estimate of drug-likeness (QED) is 0.382. The number of rotatable bonds is 5. The topological polar surface area (TPSA) is 96.0 Å². The molecular formula is C23H19N7S. The Hall–Kier alpha value is -3.91. The van der Waals surface area contributed by atoms with Gasteiger partial charge in [-0.05, 0) is 32.0 Å². The average molecular weight is 426 g/mol. The fourth-order valence-electron chi connectivity index (χ4n) is 3.48. The number of H-pyrrole nitrogens is 2. The minimum absolute atomic E-state index is 0.693. The third-order valence-electron chi connectivity index (χ3n) is 4.93.